The molecular weight excluding hydrogens is 236 g/mol. The minimum absolute atomic E-state index is 0.0899. The number of piperidine rings is 1. The summed E-state index contributed by atoms with van der Waals surface area (Å²) in [6, 6.07) is 0. The third kappa shape index (κ3) is 3.04. The van der Waals surface area contributed by atoms with Crippen molar-refractivity contribution in [2.45, 2.75) is 32.8 Å². The molecule has 1 saturated heterocycles. The van der Waals surface area contributed by atoms with E-state index < -0.39 is 0 Å². The average molecular weight is 254 g/mol. The molecule has 1 unspecified atom stereocenters. The Morgan fingerprint density at radius 3 is 3.18 bits per heavy atom. The second-order valence-corrected chi connectivity index (χ2v) is 5.24. The number of hydrogen-bond acceptors (Lipinski definition) is 5. The fraction of sp³-hybridized carbons (Fsp3) is 0.667. The number of ketones is 1. The quantitative estimate of drug-likeness (QED) is 0.774. The molecule has 1 aromatic heterocycles. The minimum Gasteiger partial charge on any atom is -0.377 e. The normalized spacial score (nSPS) is 20.6. The highest BCUT2D eigenvalue weighted by Gasteiger charge is 2.22. The van der Waals surface area contributed by atoms with Gasteiger partial charge in [-0.25, -0.2) is 4.98 Å². The summed E-state index contributed by atoms with van der Waals surface area (Å²) in [4.78, 5) is 18.5. The average Bonchev–Trinajstić information content (AvgIpc) is 2.79. The van der Waals surface area contributed by atoms with Crippen molar-refractivity contribution in [2.75, 3.05) is 24.6 Å². The summed E-state index contributed by atoms with van der Waals surface area (Å²) in [7, 11) is 0. The van der Waals surface area contributed by atoms with Crippen LogP contribution in [0.25, 0.3) is 0 Å². The van der Waals surface area contributed by atoms with Crippen molar-refractivity contribution in [3.63, 3.8) is 0 Å². The van der Waals surface area contributed by atoms with Gasteiger partial charge in [0.2, 0.25) is 0 Å². The van der Waals surface area contributed by atoms with Gasteiger partial charge in [-0.3, -0.25) is 4.79 Å². The SMILES string of the molecule is CCOC1CCCN(c2ncc(C(C)=O)s2)C1. The molecule has 17 heavy (non-hydrogen) atoms. The standard InChI is InChI=1S/C12H18N2O2S/c1-3-16-10-5-4-6-14(8-10)12-13-7-11(17-12)9(2)15/h7,10H,3-6,8H2,1-2H3. The van der Waals surface area contributed by atoms with Crippen LogP contribution in [0.5, 0.6) is 0 Å². The fourth-order valence-electron chi connectivity index (χ4n) is 2.06. The molecule has 1 aromatic rings. The molecule has 0 bridgehead atoms. The van der Waals surface area contributed by atoms with Crippen molar-refractivity contribution in [1.82, 2.24) is 4.98 Å². The molecule has 0 amide bonds. The Hall–Kier alpha value is -0.940. The predicted molar refractivity (Wildman–Crippen MR) is 69.0 cm³/mol. The monoisotopic (exact) mass is 254 g/mol. The Bertz CT molecular complexity index is 390. The molecule has 0 aromatic carbocycles. The van der Waals surface area contributed by atoms with E-state index in [-0.39, 0.29) is 5.78 Å². The second kappa shape index (κ2) is 5.60. The number of aromatic nitrogens is 1. The molecule has 0 radical (unpaired) electrons. The third-order valence-corrected chi connectivity index (χ3v) is 4.05. The van der Waals surface area contributed by atoms with Crippen LogP contribution < -0.4 is 4.90 Å². The van der Waals surface area contributed by atoms with Gasteiger partial charge >= 0.3 is 0 Å². The van der Waals surface area contributed by atoms with Gasteiger partial charge in [-0.05, 0) is 19.8 Å². The Morgan fingerprint density at radius 1 is 1.71 bits per heavy atom. The number of rotatable bonds is 4. The first-order valence-electron chi connectivity index (χ1n) is 6.04. The summed E-state index contributed by atoms with van der Waals surface area (Å²) in [5, 5.41) is 0.944. The van der Waals surface area contributed by atoms with Crippen LogP contribution in [-0.4, -0.2) is 36.6 Å². The van der Waals surface area contributed by atoms with E-state index in [1.165, 1.54) is 11.3 Å². The highest BCUT2D eigenvalue weighted by Crippen LogP contribution is 2.26. The number of ether oxygens (including phenoxy) is 1. The van der Waals surface area contributed by atoms with Crippen molar-refractivity contribution >= 4 is 22.3 Å². The van der Waals surface area contributed by atoms with Crippen LogP contribution in [0.2, 0.25) is 0 Å². The molecule has 0 saturated carbocycles. The van der Waals surface area contributed by atoms with Gasteiger partial charge in [0.15, 0.2) is 10.9 Å². The van der Waals surface area contributed by atoms with Crippen LogP contribution in [0, 0.1) is 0 Å². The molecule has 1 fully saturated rings. The van der Waals surface area contributed by atoms with E-state index in [0.29, 0.717) is 6.10 Å². The zero-order valence-corrected chi connectivity index (χ0v) is 11.1. The molecule has 0 N–H and O–H groups in total. The summed E-state index contributed by atoms with van der Waals surface area (Å²) in [6.07, 6.45) is 4.22. The van der Waals surface area contributed by atoms with Crippen LogP contribution in [0.15, 0.2) is 6.20 Å². The number of thiazole rings is 1. The van der Waals surface area contributed by atoms with Gasteiger partial charge in [-0.15, -0.1) is 0 Å². The maximum Gasteiger partial charge on any atom is 0.186 e. The van der Waals surface area contributed by atoms with Crippen LogP contribution in [0.3, 0.4) is 0 Å². The number of nitrogens with zero attached hydrogens (tertiary/aromatic N) is 2. The summed E-state index contributed by atoms with van der Waals surface area (Å²) in [5.41, 5.74) is 0. The first-order chi connectivity index (χ1) is 8.20. The van der Waals surface area contributed by atoms with E-state index in [2.05, 4.69) is 9.88 Å². The largest absolute Gasteiger partial charge is 0.377 e. The van der Waals surface area contributed by atoms with Crippen molar-refractivity contribution in [3.8, 4) is 0 Å². The molecule has 1 aliphatic heterocycles. The Kier molecular flexibility index (Phi) is 4.12. The van der Waals surface area contributed by atoms with Crippen LogP contribution in [0.4, 0.5) is 5.13 Å². The number of anilines is 1. The van der Waals surface area contributed by atoms with Gasteiger partial charge in [0.25, 0.3) is 0 Å². The van der Waals surface area contributed by atoms with Gasteiger partial charge in [0.05, 0.1) is 17.2 Å². The van der Waals surface area contributed by atoms with E-state index in [1.807, 2.05) is 6.92 Å². The summed E-state index contributed by atoms with van der Waals surface area (Å²) in [5.74, 6) is 0.0899. The van der Waals surface area contributed by atoms with Crippen molar-refractivity contribution in [2.24, 2.45) is 0 Å². The maximum absolute atomic E-state index is 11.2. The summed E-state index contributed by atoms with van der Waals surface area (Å²) < 4.78 is 5.66. The van der Waals surface area contributed by atoms with Gasteiger partial charge in [-0.2, -0.15) is 0 Å². The van der Waals surface area contributed by atoms with Gasteiger partial charge < -0.3 is 9.64 Å². The van der Waals surface area contributed by atoms with Gasteiger partial charge in [0, 0.05) is 26.6 Å². The molecule has 0 aliphatic carbocycles. The van der Waals surface area contributed by atoms with Gasteiger partial charge in [-0.1, -0.05) is 11.3 Å². The van der Waals surface area contributed by atoms with E-state index >= 15 is 0 Å². The number of carbonyl (C=O) groups excluding carboxylic acids is 1. The molecule has 2 heterocycles. The molecule has 1 atom stereocenters. The first kappa shape index (κ1) is 12.5. The van der Waals surface area contributed by atoms with E-state index in [9.17, 15) is 4.79 Å². The zero-order chi connectivity index (χ0) is 12.3. The molecule has 4 nitrogen and oxygen atoms in total. The Balaban J connectivity index is 2.02. The molecule has 1 aliphatic rings. The van der Waals surface area contributed by atoms with E-state index in [4.69, 9.17) is 4.74 Å². The molecular formula is C12H18N2O2S. The Labute approximate surface area is 106 Å². The minimum atomic E-state index is 0.0899. The molecule has 94 valence electrons. The molecule has 5 heteroatoms. The van der Waals surface area contributed by atoms with Crippen molar-refractivity contribution in [3.05, 3.63) is 11.1 Å². The summed E-state index contributed by atoms with van der Waals surface area (Å²) in [6.45, 7) is 6.26. The highest BCUT2D eigenvalue weighted by molar-refractivity contribution is 7.17. The lowest BCUT2D eigenvalue weighted by atomic mass is 10.1. The lowest BCUT2D eigenvalue weighted by Crippen LogP contribution is -2.39. The van der Waals surface area contributed by atoms with E-state index in [1.54, 1.807) is 13.1 Å². The first-order valence-corrected chi connectivity index (χ1v) is 6.85. The second-order valence-electron chi connectivity index (χ2n) is 4.23. The molecule has 2 rings (SSSR count). The van der Waals surface area contributed by atoms with Crippen LogP contribution in [0.1, 0.15) is 36.4 Å². The van der Waals surface area contributed by atoms with Crippen LogP contribution in [-0.2, 0) is 4.74 Å². The lowest BCUT2D eigenvalue weighted by molar-refractivity contribution is 0.0526. The van der Waals surface area contributed by atoms with Gasteiger partial charge in [0.1, 0.15) is 0 Å². The zero-order valence-electron chi connectivity index (χ0n) is 10.3. The number of hydrogen-bond donors (Lipinski definition) is 0. The molecule has 0 spiro atoms. The third-order valence-electron chi connectivity index (χ3n) is 2.89. The van der Waals surface area contributed by atoms with E-state index in [0.717, 1.165) is 42.5 Å². The van der Waals surface area contributed by atoms with Crippen molar-refractivity contribution in [1.29, 1.82) is 0 Å². The maximum atomic E-state index is 11.2. The Morgan fingerprint density at radius 2 is 2.53 bits per heavy atom. The smallest absolute Gasteiger partial charge is 0.186 e. The summed E-state index contributed by atoms with van der Waals surface area (Å²) >= 11 is 1.48. The van der Waals surface area contributed by atoms with Crippen LogP contribution >= 0.6 is 11.3 Å². The highest BCUT2D eigenvalue weighted by atomic mass is 32.1. The predicted octanol–water partition coefficient (Wildman–Crippen LogP) is 2.35. The fourth-order valence-corrected chi connectivity index (χ4v) is 2.90. The number of Topliss-reactive ketones (excluding diaryl/α,β-unsaturated/α-hetero) is 1. The topological polar surface area (TPSA) is 42.4 Å². The lowest BCUT2D eigenvalue weighted by Gasteiger charge is -2.32. The number of carbonyl (C=O) groups is 1. The van der Waals surface area contributed by atoms with Crippen molar-refractivity contribution < 1.29 is 9.53 Å².